The molecule has 0 spiro atoms. The summed E-state index contributed by atoms with van der Waals surface area (Å²) in [5, 5.41) is 15.7. The maximum atomic E-state index is 10.7. The number of nitrogens with one attached hydrogen (secondary N) is 1. The quantitative estimate of drug-likeness (QED) is 0.652. The van der Waals surface area contributed by atoms with Crippen LogP contribution in [0.3, 0.4) is 0 Å². The highest BCUT2D eigenvalue weighted by atomic mass is 32.1. The normalized spacial score (nSPS) is 21.3. The van der Waals surface area contributed by atoms with Crippen molar-refractivity contribution in [3.8, 4) is 5.75 Å². The number of nitrogens with zero attached hydrogens (tertiary/aromatic N) is 1. The Morgan fingerprint density at radius 3 is 2.15 bits per heavy atom. The molecule has 148 valence electrons. The van der Waals surface area contributed by atoms with Gasteiger partial charge < -0.3 is 15.3 Å². The molecular weight excluding hydrogens is 344 g/mol. The van der Waals surface area contributed by atoms with E-state index in [4.69, 9.17) is 17.4 Å². The molecule has 0 bridgehead atoms. The largest absolute Gasteiger partial charge is 0.489 e. The van der Waals surface area contributed by atoms with E-state index in [9.17, 15) is 5.21 Å². The van der Waals surface area contributed by atoms with Crippen molar-refractivity contribution < 1.29 is 9.94 Å². The van der Waals surface area contributed by atoms with Crippen LogP contribution in [0.25, 0.3) is 0 Å². The summed E-state index contributed by atoms with van der Waals surface area (Å²) < 4.78 is 6.28. The molecule has 1 aromatic rings. The molecule has 5 heteroatoms. The molecule has 0 amide bonds. The monoisotopic (exact) mass is 380 g/mol. The summed E-state index contributed by atoms with van der Waals surface area (Å²) in [6, 6.07) is 4.24. The summed E-state index contributed by atoms with van der Waals surface area (Å²) in [5.74, 6) is 0.866. The minimum Gasteiger partial charge on any atom is -0.489 e. The van der Waals surface area contributed by atoms with Gasteiger partial charge in [-0.2, -0.15) is 17.7 Å². The molecule has 2 atom stereocenters. The van der Waals surface area contributed by atoms with Gasteiger partial charge >= 0.3 is 0 Å². The molecule has 2 rings (SSSR count). The lowest BCUT2D eigenvalue weighted by atomic mass is 9.89. The van der Waals surface area contributed by atoms with Gasteiger partial charge in [0.15, 0.2) is 0 Å². The number of hydrogen-bond donors (Lipinski definition) is 3. The van der Waals surface area contributed by atoms with Crippen LogP contribution in [-0.4, -0.2) is 33.7 Å². The Bertz CT molecular complexity index is 665. The Hall–Kier alpha value is -0.750. The van der Waals surface area contributed by atoms with E-state index in [0.29, 0.717) is 0 Å². The summed E-state index contributed by atoms with van der Waals surface area (Å²) in [6.45, 7) is 19.5. The third-order valence-electron chi connectivity index (χ3n) is 5.39. The topological polar surface area (TPSA) is 44.7 Å². The second-order valence-corrected chi connectivity index (χ2v) is 10.3. The first-order valence-electron chi connectivity index (χ1n) is 9.42. The van der Waals surface area contributed by atoms with Gasteiger partial charge in [0.05, 0.1) is 16.3 Å². The number of rotatable bonds is 5. The number of fused-ring (bicyclic) bond motifs is 1. The van der Waals surface area contributed by atoms with Crippen molar-refractivity contribution in [1.29, 1.82) is 0 Å². The number of aryl methyl sites for hydroxylation is 1. The van der Waals surface area contributed by atoms with Crippen molar-refractivity contribution in [3.05, 3.63) is 28.8 Å². The number of hydroxylamine groups is 2. The molecule has 0 aromatic heterocycles. The lowest BCUT2D eigenvalue weighted by molar-refractivity contribution is -0.216. The average molecular weight is 381 g/mol. The Labute approximate surface area is 164 Å². The first kappa shape index (κ1) is 21.5. The highest BCUT2D eigenvalue weighted by Gasteiger charge is 2.49. The maximum absolute atomic E-state index is 10.7. The Kier molecular flexibility index (Phi) is 5.81. The van der Waals surface area contributed by atoms with E-state index in [1.807, 2.05) is 27.7 Å². The lowest BCUT2D eigenvalue weighted by Crippen LogP contribution is -2.43. The molecule has 1 aliphatic heterocycles. The molecule has 1 aromatic carbocycles. The van der Waals surface area contributed by atoms with Crippen LogP contribution in [0.4, 0.5) is 0 Å². The Morgan fingerprint density at radius 2 is 1.65 bits per heavy atom. The van der Waals surface area contributed by atoms with Crippen molar-refractivity contribution in [2.75, 3.05) is 6.54 Å². The minimum absolute atomic E-state index is 0.0345. The van der Waals surface area contributed by atoms with Gasteiger partial charge in [0.2, 0.25) is 0 Å². The van der Waals surface area contributed by atoms with E-state index in [-0.39, 0.29) is 16.9 Å². The van der Waals surface area contributed by atoms with Gasteiger partial charge in [0.25, 0.3) is 0 Å². The third-order valence-corrected chi connectivity index (χ3v) is 5.99. The third kappa shape index (κ3) is 4.06. The van der Waals surface area contributed by atoms with Gasteiger partial charge in [0.1, 0.15) is 11.9 Å². The fourth-order valence-electron chi connectivity index (χ4n) is 3.61. The summed E-state index contributed by atoms with van der Waals surface area (Å²) in [4.78, 5) is 0. The average Bonchev–Trinajstić information content (AvgIpc) is 2.63. The van der Waals surface area contributed by atoms with Crippen molar-refractivity contribution >= 4 is 12.6 Å². The van der Waals surface area contributed by atoms with E-state index in [1.165, 1.54) is 5.06 Å². The summed E-state index contributed by atoms with van der Waals surface area (Å²) in [7, 11) is 0. The molecule has 0 radical (unpaired) electrons. The van der Waals surface area contributed by atoms with Crippen molar-refractivity contribution in [2.24, 2.45) is 0 Å². The van der Waals surface area contributed by atoms with E-state index >= 15 is 0 Å². The van der Waals surface area contributed by atoms with Gasteiger partial charge in [0, 0.05) is 12.1 Å². The van der Waals surface area contributed by atoms with Crippen LogP contribution < -0.4 is 10.1 Å². The van der Waals surface area contributed by atoms with Crippen molar-refractivity contribution in [1.82, 2.24) is 10.4 Å². The molecule has 0 saturated carbocycles. The molecule has 2 unspecified atom stereocenters. The second kappa shape index (κ2) is 7.01. The number of ether oxygens (including phenoxy) is 1. The van der Waals surface area contributed by atoms with Crippen LogP contribution in [0.2, 0.25) is 0 Å². The van der Waals surface area contributed by atoms with Crippen molar-refractivity contribution in [3.63, 3.8) is 0 Å². The van der Waals surface area contributed by atoms with Crippen LogP contribution >= 0.6 is 12.6 Å². The van der Waals surface area contributed by atoms with Crippen LogP contribution in [0, 0.1) is 6.92 Å². The van der Waals surface area contributed by atoms with E-state index < -0.39 is 11.1 Å². The predicted octanol–water partition coefficient (Wildman–Crippen LogP) is 4.62. The molecule has 0 aliphatic carbocycles. The molecule has 1 aliphatic rings. The van der Waals surface area contributed by atoms with Crippen LogP contribution in [0.5, 0.6) is 5.75 Å². The highest BCUT2D eigenvalue weighted by Crippen LogP contribution is 2.49. The Balaban J connectivity index is 2.24. The van der Waals surface area contributed by atoms with Crippen molar-refractivity contribution in [2.45, 2.75) is 90.3 Å². The molecule has 26 heavy (non-hydrogen) atoms. The lowest BCUT2D eigenvalue weighted by Gasteiger charge is -2.34. The van der Waals surface area contributed by atoms with E-state index in [0.717, 1.165) is 29.0 Å². The van der Waals surface area contributed by atoms with Crippen LogP contribution in [-0.2, 0) is 11.1 Å². The smallest absolute Gasteiger partial charge is 0.123 e. The number of hydrogen-bond acceptors (Lipinski definition) is 5. The molecule has 2 N–H and O–H groups in total. The fraction of sp³-hybridized carbons (Fsp3) is 0.714. The van der Waals surface area contributed by atoms with Gasteiger partial charge in [-0.3, -0.25) is 0 Å². The summed E-state index contributed by atoms with van der Waals surface area (Å²) >= 11 is 4.72. The molecule has 0 saturated heterocycles. The zero-order valence-corrected chi connectivity index (χ0v) is 18.7. The van der Waals surface area contributed by atoms with Gasteiger partial charge in [-0.05, 0) is 85.1 Å². The molecular formula is C21H36N2O2S. The van der Waals surface area contributed by atoms with Gasteiger partial charge in [-0.25, -0.2) is 0 Å². The first-order valence-corrected chi connectivity index (χ1v) is 9.94. The fourth-order valence-corrected chi connectivity index (χ4v) is 3.76. The Morgan fingerprint density at radius 1 is 1.15 bits per heavy atom. The van der Waals surface area contributed by atoms with E-state index in [1.54, 1.807) is 0 Å². The highest BCUT2D eigenvalue weighted by molar-refractivity contribution is 7.81. The summed E-state index contributed by atoms with van der Waals surface area (Å²) in [5.41, 5.74) is 2.53. The molecule has 1 heterocycles. The first-order chi connectivity index (χ1) is 11.7. The van der Waals surface area contributed by atoms with E-state index in [2.05, 4.69) is 52.1 Å². The molecule has 4 nitrogen and oxygen atoms in total. The second-order valence-electron chi connectivity index (χ2n) is 9.61. The maximum Gasteiger partial charge on any atom is 0.123 e. The zero-order chi connectivity index (χ0) is 20.1. The number of thiol groups is 1. The number of benzene rings is 1. The minimum atomic E-state index is -0.456. The van der Waals surface area contributed by atoms with Gasteiger partial charge in [-0.15, -0.1) is 0 Å². The SMILES string of the molecule is Cc1cc2c(cc1OC(C)C(S)CNC(C)(C)C)C(C)(C)N(O)C2(C)C. The predicted molar refractivity (Wildman–Crippen MR) is 111 cm³/mol. The zero-order valence-electron chi connectivity index (χ0n) is 17.8. The summed E-state index contributed by atoms with van der Waals surface area (Å²) in [6.07, 6.45) is -0.0345. The molecule has 0 fully saturated rings. The van der Waals surface area contributed by atoms with Crippen LogP contribution in [0.1, 0.15) is 72.1 Å². The standard InChI is InChI=1S/C21H36N2O2S/c1-13-10-15-16(21(8,9)23(24)20(15,6)7)11-17(13)25-14(2)18(26)12-22-19(3,4)5/h10-11,14,18,22,24,26H,12H2,1-9H3. The van der Waals surface area contributed by atoms with Crippen LogP contribution in [0.15, 0.2) is 12.1 Å². The van der Waals surface area contributed by atoms with Gasteiger partial charge in [-0.1, -0.05) is 6.07 Å².